The van der Waals surface area contributed by atoms with Crippen LogP contribution in [-0.4, -0.2) is 33.5 Å². The van der Waals surface area contributed by atoms with Gasteiger partial charge in [0.1, 0.15) is 0 Å². The van der Waals surface area contributed by atoms with Crippen molar-refractivity contribution in [1.29, 1.82) is 0 Å². The quantitative estimate of drug-likeness (QED) is 0.707. The van der Waals surface area contributed by atoms with Gasteiger partial charge in [0.15, 0.2) is 0 Å². The minimum Gasteiger partial charge on any atom is -0.385 e. The van der Waals surface area contributed by atoms with Gasteiger partial charge in [-0.15, -0.1) is 0 Å². The van der Waals surface area contributed by atoms with Gasteiger partial charge in [0, 0.05) is 31.3 Å². The fraction of sp³-hybridized carbons (Fsp3) is 0.500. The smallest absolute Gasteiger partial charge is 0.0720 e. The fourth-order valence-corrected chi connectivity index (χ4v) is 2.71. The first-order valence-electron chi connectivity index (χ1n) is 5.60. The molecule has 1 N–H and O–H groups in total. The molecule has 18 heavy (non-hydrogen) atoms. The molecule has 1 aromatic rings. The van der Waals surface area contributed by atoms with E-state index in [9.17, 15) is 0 Å². The van der Waals surface area contributed by atoms with Crippen LogP contribution in [0.3, 0.4) is 0 Å². The van der Waals surface area contributed by atoms with Crippen molar-refractivity contribution >= 4 is 44.8 Å². The number of ether oxygens (including phenoxy) is 2. The summed E-state index contributed by atoms with van der Waals surface area (Å²) in [6.45, 7) is 2.68. The highest BCUT2D eigenvalue weighted by Gasteiger charge is 2.06. The van der Waals surface area contributed by atoms with Gasteiger partial charge in [0.25, 0.3) is 0 Å². The normalized spacial score (nSPS) is 10.7. The maximum absolute atomic E-state index is 6.08. The van der Waals surface area contributed by atoms with Crippen LogP contribution in [0.2, 0.25) is 10.0 Å². The van der Waals surface area contributed by atoms with Crippen LogP contribution in [0, 0.1) is 0 Å². The molecule has 0 saturated carbocycles. The Morgan fingerprint density at radius 3 is 2.44 bits per heavy atom. The summed E-state index contributed by atoms with van der Waals surface area (Å²) in [4.78, 5) is 0. The van der Waals surface area contributed by atoms with Crippen molar-refractivity contribution in [3.63, 3.8) is 0 Å². The van der Waals surface area contributed by atoms with Crippen LogP contribution in [0.1, 0.15) is 6.42 Å². The van der Waals surface area contributed by atoms with E-state index in [1.54, 1.807) is 19.2 Å². The monoisotopic (exact) mass is 355 g/mol. The Kier molecular flexibility index (Phi) is 8.02. The Labute approximate surface area is 126 Å². The second kappa shape index (κ2) is 8.99. The molecule has 0 heterocycles. The topological polar surface area (TPSA) is 30.5 Å². The third kappa shape index (κ3) is 5.76. The molecule has 1 aromatic carbocycles. The third-order valence-electron chi connectivity index (χ3n) is 2.19. The Morgan fingerprint density at radius 2 is 1.83 bits per heavy atom. The molecule has 0 spiro atoms. The molecule has 0 aliphatic heterocycles. The lowest BCUT2D eigenvalue weighted by atomic mass is 10.3. The minimum absolute atomic E-state index is 0.591. The molecule has 3 nitrogen and oxygen atoms in total. The standard InChI is InChI=1S/C12H16BrCl2NO2/c1-17-4-2-5-18-6-3-16-12-10(14)7-9(13)8-11(12)15/h7-8,16H,2-6H2,1H3. The molecule has 0 aliphatic rings. The minimum atomic E-state index is 0.591. The Balaban J connectivity index is 2.27. The zero-order chi connectivity index (χ0) is 13.4. The van der Waals surface area contributed by atoms with E-state index in [1.165, 1.54) is 0 Å². The van der Waals surface area contributed by atoms with Crippen LogP contribution in [-0.2, 0) is 9.47 Å². The maximum Gasteiger partial charge on any atom is 0.0720 e. The Bertz CT molecular complexity index is 354. The molecule has 0 bridgehead atoms. The summed E-state index contributed by atoms with van der Waals surface area (Å²) in [7, 11) is 1.68. The second-order valence-electron chi connectivity index (χ2n) is 3.63. The number of hydrogen-bond donors (Lipinski definition) is 1. The molecule has 0 aliphatic carbocycles. The van der Waals surface area contributed by atoms with Crippen LogP contribution in [0.15, 0.2) is 16.6 Å². The molecule has 102 valence electrons. The molecule has 0 amide bonds. The van der Waals surface area contributed by atoms with E-state index in [0.29, 0.717) is 29.8 Å². The van der Waals surface area contributed by atoms with Gasteiger partial charge in [-0.1, -0.05) is 39.1 Å². The van der Waals surface area contributed by atoms with Crippen molar-refractivity contribution in [3.8, 4) is 0 Å². The number of hydrogen-bond acceptors (Lipinski definition) is 3. The second-order valence-corrected chi connectivity index (χ2v) is 5.36. The van der Waals surface area contributed by atoms with Gasteiger partial charge in [-0.05, 0) is 18.6 Å². The molecule has 0 unspecified atom stereocenters. The summed E-state index contributed by atoms with van der Waals surface area (Å²) in [5.74, 6) is 0. The third-order valence-corrected chi connectivity index (χ3v) is 3.25. The molecule has 0 fully saturated rings. The molecule has 1 rings (SSSR count). The first kappa shape index (κ1) is 16.1. The average Bonchev–Trinajstić information content (AvgIpc) is 2.30. The zero-order valence-corrected chi connectivity index (χ0v) is 13.2. The van der Waals surface area contributed by atoms with Gasteiger partial charge < -0.3 is 14.8 Å². The lowest BCUT2D eigenvalue weighted by molar-refractivity contribution is 0.109. The van der Waals surface area contributed by atoms with E-state index >= 15 is 0 Å². The van der Waals surface area contributed by atoms with E-state index in [-0.39, 0.29) is 0 Å². The zero-order valence-electron chi connectivity index (χ0n) is 10.1. The first-order chi connectivity index (χ1) is 8.65. The number of benzene rings is 1. The largest absolute Gasteiger partial charge is 0.385 e. The Hall–Kier alpha value is -0.0000000000000000555. The average molecular weight is 357 g/mol. The molecule has 0 radical (unpaired) electrons. The van der Waals surface area contributed by atoms with Gasteiger partial charge in [-0.2, -0.15) is 0 Å². The lowest BCUT2D eigenvalue weighted by Gasteiger charge is -2.11. The highest BCUT2D eigenvalue weighted by atomic mass is 79.9. The van der Waals surface area contributed by atoms with Gasteiger partial charge >= 0.3 is 0 Å². The molecule has 0 aromatic heterocycles. The van der Waals surface area contributed by atoms with Gasteiger partial charge in [-0.3, -0.25) is 0 Å². The number of halogens is 3. The molecule has 0 atom stereocenters. The summed E-state index contributed by atoms with van der Waals surface area (Å²) < 4.78 is 11.2. The summed E-state index contributed by atoms with van der Waals surface area (Å²) >= 11 is 15.5. The SMILES string of the molecule is COCCCOCCNc1c(Cl)cc(Br)cc1Cl. The van der Waals surface area contributed by atoms with Crippen molar-refractivity contribution in [2.75, 3.05) is 38.8 Å². The first-order valence-corrected chi connectivity index (χ1v) is 7.15. The highest BCUT2D eigenvalue weighted by Crippen LogP contribution is 2.33. The summed E-state index contributed by atoms with van der Waals surface area (Å²) in [6.07, 6.45) is 0.899. The molecule has 0 saturated heterocycles. The van der Waals surface area contributed by atoms with Crippen molar-refractivity contribution in [1.82, 2.24) is 0 Å². The van der Waals surface area contributed by atoms with Gasteiger partial charge in [0.2, 0.25) is 0 Å². The highest BCUT2D eigenvalue weighted by molar-refractivity contribution is 9.10. The van der Waals surface area contributed by atoms with Crippen molar-refractivity contribution in [2.24, 2.45) is 0 Å². The van der Waals surface area contributed by atoms with Gasteiger partial charge in [-0.25, -0.2) is 0 Å². The van der Waals surface area contributed by atoms with E-state index in [4.69, 9.17) is 32.7 Å². The van der Waals surface area contributed by atoms with Crippen molar-refractivity contribution in [2.45, 2.75) is 6.42 Å². The van der Waals surface area contributed by atoms with Crippen molar-refractivity contribution < 1.29 is 9.47 Å². The van der Waals surface area contributed by atoms with Crippen molar-refractivity contribution in [3.05, 3.63) is 26.7 Å². The Morgan fingerprint density at radius 1 is 1.17 bits per heavy atom. The van der Waals surface area contributed by atoms with E-state index < -0.39 is 0 Å². The number of rotatable bonds is 8. The summed E-state index contributed by atoms with van der Waals surface area (Å²) in [6, 6.07) is 3.60. The van der Waals surface area contributed by atoms with Crippen LogP contribution < -0.4 is 5.32 Å². The summed E-state index contributed by atoms with van der Waals surface area (Å²) in [5, 5.41) is 4.34. The number of anilines is 1. The fourth-order valence-electron chi connectivity index (χ4n) is 1.37. The van der Waals surface area contributed by atoms with E-state index in [2.05, 4.69) is 21.2 Å². The van der Waals surface area contributed by atoms with E-state index in [0.717, 1.165) is 23.2 Å². The predicted molar refractivity (Wildman–Crippen MR) is 80.0 cm³/mol. The lowest BCUT2D eigenvalue weighted by Crippen LogP contribution is -2.11. The molecular weight excluding hydrogens is 341 g/mol. The maximum atomic E-state index is 6.08. The van der Waals surface area contributed by atoms with Crippen LogP contribution >= 0.6 is 39.1 Å². The van der Waals surface area contributed by atoms with Crippen LogP contribution in [0.4, 0.5) is 5.69 Å². The predicted octanol–water partition coefficient (Wildman–Crippen LogP) is 4.22. The molecule has 6 heteroatoms. The van der Waals surface area contributed by atoms with E-state index in [1.807, 2.05) is 0 Å². The summed E-state index contributed by atoms with van der Waals surface area (Å²) in [5.41, 5.74) is 0.738. The van der Waals surface area contributed by atoms with Crippen LogP contribution in [0.5, 0.6) is 0 Å². The van der Waals surface area contributed by atoms with Gasteiger partial charge in [0.05, 0.1) is 22.3 Å². The number of nitrogens with one attached hydrogen (secondary N) is 1. The van der Waals surface area contributed by atoms with Crippen LogP contribution in [0.25, 0.3) is 0 Å². The molecular formula is C12H16BrCl2NO2. The number of methoxy groups -OCH3 is 1.